The van der Waals surface area contributed by atoms with Gasteiger partial charge in [-0.15, -0.1) is 0 Å². The fraction of sp³-hybridized carbons (Fsp3) is 1.00. The first-order valence-electron chi connectivity index (χ1n) is 6.63. The highest BCUT2D eigenvalue weighted by Crippen LogP contribution is 1.85. The van der Waals surface area contributed by atoms with Crippen molar-refractivity contribution in [2.75, 3.05) is 66.1 Å². The first-order valence-corrected chi connectivity index (χ1v) is 6.63. The van der Waals surface area contributed by atoms with Gasteiger partial charge in [-0.1, -0.05) is 0 Å². The lowest BCUT2D eigenvalue weighted by molar-refractivity contribution is -0.309. The van der Waals surface area contributed by atoms with Crippen LogP contribution in [0.3, 0.4) is 0 Å². The highest BCUT2D eigenvalue weighted by Gasteiger charge is 1.93. The summed E-state index contributed by atoms with van der Waals surface area (Å²) in [6, 6.07) is 0. The van der Waals surface area contributed by atoms with Crippen molar-refractivity contribution < 1.29 is 33.8 Å². The lowest BCUT2D eigenvalue weighted by atomic mass is 10.7. The van der Waals surface area contributed by atoms with Gasteiger partial charge in [0.1, 0.15) is 19.8 Å². The fourth-order valence-corrected chi connectivity index (χ4v) is 1.01. The molecular weight excluding hydrogens is 256 g/mol. The molecule has 0 spiro atoms. The van der Waals surface area contributed by atoms with E-state index in [4.69, 9.17) is 28.9 Å². The van der Waals surface area contributed by atoms with Crippen LogP contribution in [0.5, 0.6) is 0 Å². The Morgan fingerprint density at radius 2 is 0.842 bits per heavy atom. The summed E-state index contributed by atoms with van der Waals surface area (Å²) in [6.07, 6.45) is 0. The van der Waals surface area contributed by atoms with Crippen LogP contribution in [0.25, 0.3) is 0 Å². The van der Waals surface area contributed by atoms with Gasteiger partial charge in [0.15, 0.2) is 0 Å². The van der Waals surface area contributed by atoms with E-state index in [2.05, 4.69) is 4.89 Å². The van der Waals surface area contributed by atoms with Crippen molar-refractivity contribution in [2.24, 2.45) is 0 Å². The minimum absolute atomic E-state index is 0.369. The monoisotopic (exact) mass is 282 g/mol. The number of ether oxygens (including phenoxy) is 3. The molecule has 0 unspecified atom stereocenters. The molecule has 0 aliphatic rings. The van der Waals surface area contributed by atoms with Gasteiger partial charge in [0.25, 0.3) is 0 Å². The maximum absolute atomic E-state index is 5.23. The molecule has 0 saturated carbocycles. The molecule has 0 aliphatic heterocycles. The standard InChI is InChI=1S/C12H26O7/c1-3-13-5-6-14-8-11-18-19-12-9-15-7-10-17-16-4-2/h3-12H2,1-2H3. The molecule has 0 amide bonds. The summed E-state index contributed by atoms with van der Waals surface area (Å²) in [5.74, 6) is 0. The first kappa shape index (κ1) is 18.7. The maximum atomic E-state index is 5.23. The average Bonchev–Trinajstić information content (AvgIpc) is 2.43. The molecule has 0 saturated heterocycles. The van der Waals surface area contributed by atoms with Crippen molar-refractivity contribution in [2.45, 2.75) is 13.8 Å². The predicted octanol–water partition coefficient (Wildman–Crippen LogP) is 0.972. The second-order valence-electron chi connectivity index (χ2n) is 3.29. The summed E-state index contributed by atoms with van der Waals surface area (Å²) in [7, 11) is 0. The van der Waals surface area contributed by atoms with E-state index in [0.717, 1.165) is 0 Å². The van der Waals surface area contributed by atoms with E-state index < -0.39 is 0 Å². The van der Waals surface area contributed by atoms with Crippen molar-refractivity contribution >= 4 is 0 Å². The number of hydrogen-bond acceptors (Lipinski definition) is 7. The van der Waals surface area contributed by atoms with Gasteiger partial charge >= 0.3 is 0 Å². The van der Waals surface area contributed by atoms with Crippen LogP contribution in [0.4, 0.5) is 0 Å². The smallest absolute Gasteiger partial charge is 0.106 e. The van der Waals surface area contributed by atoms with Crippen LogP contribution in [0, 0.1) is 0 Å². The zero-order valence-corrected chi connectivity index (χ0v) is 11.9. The molecule has 7 nitrogen and oxygen atoms in total. The molecule has 0 aromatic rings. The van der Waals surface area contributed by atoms with Gasteiger partial charge in [-0.25, -0.2) is 19.6 Å². The van der Waals surface area contributed by atoms with Crippen molar-refractivity contribution in [1.82, 2.24) is 0 Å². The summed E-state index contributed by atoms with van der Waals surface area (Å²) in [5, 5.41) is 0. The van der Waals surface area contributed by atoms with Crippen LogP contribution in [-0.4, -0.2) is 66.1 Å². The summed E-state index contributed by atoms with van der Waals surface area (Å²) >= 11 is 0. The molecule has 0 N–H and O–H groups in total. The van der Waals surface area contributed by atoms with Gasteiger partial charge < -0.3 is 14.2 Å². The molecule has 0 rings (SSSR count). The lowest BCUT2D eigenvalue weighted by Crippen LogP contribution is -2.12. The van der Waals surface area contributed by atoms with E-state index in [9.17, 15) is 0 Å². The molecule has 116 valence electrons. The molecule has 0 bridgehead atoms. The Bertz CT molecular complexity index is 141. The third-order valence-electron chi connectivity index (χ3n) is 1.79. The Hall–Kier alpha value is -0.280. The summed E-state index contributed by atoms with van der Waals surface area (Å²) in [6.45, 7) is 8.77. The van der Waals surface area contributed by atoms with E-state index in [0.29, 0.717) is 66.1 Å². The molecule has 0 radical (unpaired) electrons. The SMILES string of the molecule is CCOCCOCCOOCCOCCOOCC. The largest absolute Gasteiger partial charge is 0.379 e. The Kier molecular flexibility index (Phi) is 17.5. The number of hydrogen-bond donors (Lipinski definition) is 0. The molecule has 19 heavy (non-hydrogen) atoms. The second-order valence-corrected chi connectivity index (χ2v) is 3.29. The van der Waals surface area contributed by atoms with Crippen molar-refractivity contribution in [3.05, 3.63) is 0 Å². The van der Waals surface area contributed by atoms with E-state index in [1.807, 2.05) is 13.8 Å². The fourth-order valence-electron chi connectivity index (χ4n) is 1.01. The van der Waals surface area contributed by atoms with E-state index in [-0.39, 0.29) is 0 Å². The van der Waals surface area contributed by atoms with Crippen LogP contribution in [-0.2, 0) is 33.8 Å². The van der Waals surface area contributed by atoms with Crippen LogP contribution >= 0.6 is 0 Å². The van der Waals surface area contributed by atoms with Crippen LogP contribution < -0.4 is 0 Å². The summed E-state index contributed by atoms with van der Waals surface area (Å²) in [5.41, 5.74) is 0. The van der Waals surface area contributed by atoms with Crippen LogP contribution in [0.15, 0.2) is 0 Å². The molecule has 0 atom stereocenters. The summed E-state index contributed by atoms with van der Waals surface area (Å²) < 4.78 is 15.5. The van der Waals surface area contributed by atoms with Gasteiger partial charge in [-0.3, -0.25) is 0 Å². The number of rotatable bonds is 16. The third-order valence-corrected chi connectivity index (χ3v) is 1.79. The van der Waals surface area contributed by atoms with Crippen molar-refractivity contribution in [3.63, 3.8) is 0 Å². The molecular formula is C12H26O7. The Morgan fingerprint density at radius 1 is 0.421 bits per heavy atom. The minimum atomic E-state index is 0.369. The normalized spacial score (nSPS) is 11.1. The first-order chi connectivity index (χ1) is 9.41. The highest BCUT2D eigenvalue weighted by molar-refractivity contribution is 4.30. The lowest BCUT2D eigenvalue weighted by Gasteiger charge is -2.06. The highest BCUT2D eigenvalue weighted by atomic mass is 17.2. The molecule has 7 heteroatoms. The molecule has 0 heterocycles. The summed E-state index contributed by atoms with van der Waals surface area (Å²) in [4.78, 5) is 19.2. The van der Waals surface area contributed by atoms with Gasteiger partial charge in [0.05, 0.1) is 39.6 Å². The zero-order chi connectivity index (χ0) is 14.0. The van der Waals surface area contributed by atoms with Gasteiger partial charge in [0, 0.05) is 6.61 Å². The zero-order valence-electron chi connectivity index (χ0n) is 11.9. The maximum Gasteiger partial charge on any atom is 0.106 e. The van der Waals surface area contributed by atoms with E-state index in [1.165, 1.54) is 0 Å². The van der Waals surface area contributed by atoms with Gasteiger partial charge in [-0.2, -0.15) is 0 Å². The minimum Gasteiger partial charge on any atom is -0.379 e. The average molecular weight is 282 g/mol. The molecule has 0 fully saturated rings. The van der Waals surface area contributed by atoms with E-state index in [1.54, 1.807) is 0 Å². The molecule has 0 aromatic carbocycles. The Labute approximate surface area is 114 Å². The second kappa shape index (κ2) is 17.7. The predicted molar refractivity (Wildman–Crippen MR) is 67.6 cm³/mol. The topological polar surface area (TPSA) is 64.6 Å². The Morgan fingerprint density at radius 3 is 1.32 bits per heavy atom. The van der Waals surface area contributed by atoms with Crippen molar-refractivity contribution in [1.29, 1.82) is 0 Å². The van der Waals surface area contributed by atoms with Crippen molar-refractivity contribution in [3.8, 4) is 0 Å². The van der Waals surface area contributed by atoms with E-state index >= 15 is 0 Å². The van der Waals surface area contributed by atoms with Gasteiger partial charge in [-0.05, 0) is 13.8 Å². The van der Waals surface area contributed by atoms with Crippen LogP contribution in [0.2, 0.25) is 0 Å². The quantitative estimate of drug-likeness (QED) is 0.237. The van der Waals surface area contributed by atoms with Crippen LogP contribution in [0.1, 0.15) is 13.8 Å². The Balaban J connectivity index is 2.88. The van der Waals surface area contributed by atoms with Gasteiger partial charge in [0.2, 0.25) is 0 Å². The molecule has 0 aromatic heterocycles. The third kappa shape index (κ3) is 17.7. The molecule has 0 aliphatic carbocycles.